The maximum Gasteiger partial charge on any atom is 0.138 e. The summed E-state index contributed by atoms with van der Waals surface area (Å²) in [5.74, 6) is 0.649. The fourth-order valence-electron chi connectivity index (χ4n) is 2.00. The van der Waals surface area contributed by atoms with Crippen LogP contribution in [0.3, 0.4) is 0 Å². The van der Waals surface area contributed by atoms with Crippen molar-refractivity contribution in [1.29, 1.82) is 0 Å². The molecule has 0 bridgehead atoms. The number of pyridine rings is 1. The molecular formula is C14H12ClN3. The van der Waals surface area contributed by atoms with Crippen LogP contribution < -0.4 is 5.73 Å². The van der Waals surface area contributed by atoms with Gasteiger partial charge in [0.2, 0.25) is 0 Å². The molecule has 3 nitrogen and oxygen atoms in total. The Labute approximate surface area is 110 Å². The summed E-state index contributed by atoms with van der Waals surface area (Å²) in [5.41, 5.74) is 8.99. The van der Waals surface area contributed by atoms with Gasteiger partial charge in [-0.25, -0.2) is 4.98 Å². The Balaban J connectivity index is 2.05. The second-order valence-corrected chi connectivity index (χ2v) is 4.62. The molecule has 0 spiro atoms. The first-order chi connectivity index (χ1) is 8.74. The summed E-state index contributed by atoms with van der Waals surface area (Å²) >= 11 is 5.96. The molecule has 0 radical (unpaired) electrons. The van der Waals surface area contributed by atoms with Gasteiger partial charge < -0.3 is 5.73 Å². The van der Waals surface area contributed by atoms with E-state index in [1.807, 2.05) is 34.7 Å². The molecule has 4 heteroatoms. The molecule has 0 aliphatic rings. The lowest BCUT2D eigenvalue weighted by Gasteiger charge is -1.99. The fraction of sp³-hybridized carbons (Fsp3) is 0.0714. The van der Waals surface area contributed by atoms with Crippen molar-refractivity contribution in [2.24, 2.45) is 0 Å². The summed E-state index contributed by atoms with van der Waals surface area (Å²) in [7, 11) is 0. The van der Waals surface area contributed by atoms with Gasteiger partial charge in [-0.05, 0) is 17.7 Å². The van der Waals surface area contributed by atoms with Gasteiger partial charge in [0.15, 0.2) is 0 Å². The summed E-state index contributed by atoms with van der Waals surface area (Å²) in [4.78, 5) is 4.53. The van der Waals surface area contributed by atoms with Crippen LogP contribution in [0.4, 0.5) is 5.82 Å². The highest BCUT2D eigenvalue weighted by Gasteiger charge is 2.09. The van der Waals surface area contributed by atoms with Crippen LogP contribution in [-0.2, 0) is 6.42 Å². The summed E-state index contributed by atoms with van der Waals surface area (Å²) in [5, 5.41) is 0.651. The van der Waals surface area contributed by atoms with E-state index in [0.29, 0.717) is 10.8 Å². The lowest BCUT2D eigenvalue weighted by atomic mass is 10.1. The Bertz CT molecular complexity index is 689. The molecule has 0 atom stereocenters. The maximum absolute atomic E-state index is 6.10. The number of hydrogen-bond acceptors (Lipinski definition) is 2. The lowest BCUT2D eigenvalue weighted by molar-refractivity contribution is 1.12. The summed E-state index contributed by atoms with van der Waals surface area (Å²) in [6.45, 7) is 0. The van der Waals surface area contributed by atoms with Gasteiger partial charge in [-0.3, -0.25) is 4.40 Å². The highest BCUT2D eigenvalue weighted by Crippen LogP contribution is 2.20. The molecule has 0 saturated carbocycles. The molecule has 0 aliphatic carbocycles. The van der Waals surface area contributed by atoms with Crippen molar-refractivity contribution in [2.45, 2.75) is 6.42 Å². The fourth-order valence-corrected chi connectivity index (χ4v) is 2.17. The smallest absolute Gasteiger partial charge is 0.138 e. The molecule has 2 aromatic heterocycles. The Kier molecular flexibility index (Phi) is 2.68. The molecule has 0 fully saturated rings. The first kappa shape index (κ1) is 11.1. The molecule has 1 aromatic carbocycles. The third-order valence-electron chi connectivity index (χ3n) is 2.91. The maximum atomic E-state index is 6.10. The van der Waals surface area contributed by atoms with E-state index in [1.54, 1.807) is 6.20 Å². The number of rotatable bonds is 2. The normalized spacial score (nSPS) is 10.9. The van der Waals surface area contributed by atoms with Crippen LogP contribution in [-0.4, -0.2) is 9.38 Å². The highest BCUT2D eigenvalue weighted by molar-refractivity contribution is 6.30. The molecule has 3 rings (SSSR count). The number of nitrogens with two attached hydrogens (primary N) is 1. The van der Waals surface area contributed by atoms with Crippen LogP contribution in [0, 0.1) is 0 Å². The average Bonchev–Trinajstić information content (AvgIpc) is 2.68. The minimum Gasteiger partial charge on any atom is -0.383 e. The number of fused-ring (bicyclic) bond motifs is 1. The van der Waals surface area contributed by atoms with Gasteiger partial charge in [-0.1, -0.05) is 41.9 Å². The van der Waals surface area contributed by atoms with Crippen LogP contribution in [0.15, 0.2) is 48.7 Å². The average molecular weight is 258 g/mol. The van der Waals surface area contributed by atoms with Gasteiger partial charge in [-0.2, -0.15) is 0 Å². The van der Waals surface area contributed by atoms with Gasteiger partial charge in [0.1, 0.15) is 11.5 Å². The van der Waals surface area contributed by atoms with Crippen molar-refractivity contribution in [3.63, 3.8) is 0 Å². The van der Waals surface area contributed by atoms with E-state index >= 15 is 0 Å². The summed E-state index contributed by atoms with van der Waals surface area (Å²) in [6, 6.07) is 13.8. The number of nitrogens with zero attached hydrogens (tertiary/aromatic N) is 2. The molecular weight excluding hydrogens is 246 g/mol. The van der Waals surface area contributed by atoms with E-state index in [9.17, 15) is 0 Å². The Morgan fingerprint density at radius 3 is 2.67 bits per heavy atom. The zero-order valence-electron chi connectivity index (χ0n) is 9.68. The molecule has 0 amide bonds. The Hall–Kier alpha value is -2.00. The van der Waals surface area contributed by atoms with Crippen LogP contribution in [0.5, 0.6) is 0 Å². The van der Waals surface area contributed by atoms with Crippen molar-refractivity contribution in [3.05, 3.63) is 64.9 Å². The number of benzene rings is 1. The Morgan fingerprint density at radius 2 is 1.89 bits per heavy atom. The van der Waals surface area contributed by atoms with Crippen LogP contribution in [0.25, 0.3) is 5.65 Å². The molecule has 3 aromatic rings. The second kappa shape index (κ2) is 4.35. The molecule has 0 unspecified atom stereocenters. The molecule has 2 heterocycles. The van der Waals surface area contributed by atoms with Crippen molar-refractivity contribution in [3.8, 4) is 0 Å². The standard InChI is InChI=1S/C14H12ClN3/c15-11-6-7-13-17-12(14(16)18(13)9-11)8-10-4-2-1-3-5-10/h1-7,9H,8,16H2. The SMILES string of the molecule is Nc1c(Cc2ccccc2)nc2ccc(Cl)cn12. The van der Waals surface area contributed by atoms with E-state index in [2.05, 4.69) is 17.1 Å². The predicted molar refractivity (Wildman–Crippen MR) is 73.9 cm³/mol. The number of aromatic nitrogens is 2. The van der Waals surface area contributed by atoms with Crippen molar-refractivity contribution in [1.82, 2.24) is 9.38 Å². The van der Waals surface area contributed by atoms with Crippen LogP contribution in [0.2, 0.25) is 5.02 Å². The zero-order chi connectivity index (χ0) is 12.5. The molecule has 2 N–H and O–H groups in total. The highest BCUT2D eigenvalue weighted by atomic mass is 35.5. The van der Waals surface area contributed by atoms with Gasteiger partial charge in [0.25, 0.3) is 0 Å². The monoisotopic (exact) mass is 257 g/mol. The second-order valence-electron chi connectivity index (χ2n) is 4.18. The van der Waals surface area contributed by atoms with E-state index in [4.69, 9.17) is 17.3 Å². The van der Waals surface area contributed by atoms with Crippen molar-refractivity contribution in [2.75, 3.05) is 5.73 Å². The Morgan fingerprint density at radius 1 is 1.11 bits per heavy atom. The van der Waals surface area contributed by atoms with E-state index in [-0.39, 0.29) is 0 Å². The summed E-state index contributed by atoms with van der Waals surface area (Å²) in [6.07, 6.45) is 2.51. The van der Waals surface area contributed by atoms with Gasteiger partial charge in [0.05, 0.1) is 10.7 Å². The summed E-state index contributed by atoms with van der Waals surface area (Å²) < 4.78 is 1.82. The van der Waals surface area contributed by atoms with Crippen molar-refractivity contribution < 1.29 is 0 Å². The van der Waals surface area contributed by atoms with Crippen LogP contribution in [0.1, 0.15) is 11.3 Å². The van der Waals surface area contributed by atoms with Gasteiger partial charge >= 0.3 is 0 Å². The first-order valence-electron chi connectivity index (χ1n) is 5.70. The number of nitrogen functional groups attached to an aromatic ring is 1. The number of hydrogen-bond donors (Lipinski definition) is 1. The third-order valence-corrected chi connectivity index (χ3v) is 3.13. The number of anilines is 1. The number of halogens is 1. The zero-order valence-corrected chi connectivity index (χ0v) is 10.4. The molecule has 0 aliphatic heterocycles. The van der Waals surface area contributed by atoms with Crippen molar-refractivity contribution >= 4 is 23.1 Å². The minimum atomic E-state index is 0.649. The minimum absolute atomic E-state index is 0.649. The molecule has 18 heavy (non-hydrogen) atoms. The quantitative estimate of drug-likeness (QED) is 0.766. The van der Waals surface area contributed by atoms with E-state index in [1.165, 1.54) is 5.56 Å². The predicted octanol–water partition coefficient (Wildman–Crippen LogP) is 3.16. The van der Waals surface area contributed by atoms with E-state index < -0.39 is 0 Å². The lowest BCUT2D eigenvalue weighted by Crippen LogP contribution is -1.97. The number of imidazole rings is 1. The third kappa shape index (κ3) is 1.93. The van der Waals surface area contributed by atoms with Gasteiger partial charge in [0, 0.05) is 12.6 Å². The van der Waals surface area contributed by atoms with Gasteiger partial charge in [-0.15, -0.1) is 0 Å². The largest absolute Gasteiger partial charge is 0.383 e. The first-order valence-corrected chi connectivity index (χ1v) is 6.08. The van der Waals surface area contributed by atoms with Crippen LogP contribution >= 0.6 is 11.6 Å². The molecule has 0 saturated heterocycles. The molecule has 90 valence electrons. The topological polar surface area (TPSA) is 43.3 Å². The van der Waals surface area contributed by atoms with E-state index in [0.717, 1.165) is 17.8 Å².